The van der Waals surface area contributed by atoms with E-state index in [1.54, 1.807) is 6.92 Å². The molecule has 4 rings (SSSR count). The SMILES string of the molecule is CNc1cc(CN(C)Cc2ccc(OC3CCCC3)cc2)nc([C@@H]2CCCN2C(C)=O)n1. The van der Waals surface area contributed by atoms with Crippen molar-refractivity contribution < 1.29 is 9.53 Å². The fourth-order valence-corrected chi connectivity index (χ4v) is 4.80. The molecule has 1 N–H and O–H groups in total. The van der Waals surface area contributed by atoms with Crippen molar-refractivity contribution in [1.82, 2.24) is 19.8 Å². The predicted molar refractivity (Wildman–Crippen MR) is 125 cm³/mol. The summed E-state index contributed by atoms with van der Waals surface area (Å²) >= 11 is 0. The van der Waals surface area contributed by atoms with Gasteiger partial charge < -0.3 is 15.0 Å². The van der Waals surface area contributed by atoms with Crippen LogP contribution in [-0.4, -0.2) is 52.4 Å². The molecule has 1 atom stereocenters. The van der Waals surface area contributed by atoms with Gasteiger partial charge >= 0.3 is 0 Å². The minimum absolute atomic E-state index is 0.0303. The molecule has 0 radical (unpaired) electrons. The minimum atomic E-state index is -0.0303. The number of aromatic nitrogens is 2. The minimum Gasteiger partial charge on any atom is -0.490 e. The lowest BCUT2D eigenvalue weighted by molar-refractivity contribution is -0.129. The Morgan fingerprint density at radius 1 is 1.12 bits per heavy atom. The molecule has 1 amide bonds. The van der Waals surface area contributed by atoms with Crippen LogP contribution in [-0.2, 0) is 17.9 Å². The van der Waals surface area contributed by atoms with E-state index in [4.69, 9.17) is 9.72 Å². The molecule has 2 heterocycles. The Labute approximate surface area is 191 Å². The van der Waals surface area contributed by atoms with Crippen LogP contribution in [0.15, 0.2) is 30.3 Å². The number of carbonyl (C=O) groups excluding carboxylic acids is 1. The standard InChI is InChI=1S/C25H35N5O2/c1-18(31)30-14-6-9-23(30)25-27-20(15-24(26-2)28-25)17-29(3)16-19-10-12-22(13-11-19)32-21-7-4-5-8-21/h10-13,15,21,23H,4-9,14,16-17H2,1-3H3,(H,26,27,28)/t23-/m0/s1. The molecule has 1 aliphatic carbocycles. The van der Waals surface area contributed by atoms with Crippen molar-refractivity contribution in [3.63, 3.8) is 0 Å². The maximum atomic E-state index is 12.0. The van der Waals surface area contributed by atoms with Crippen LogP contribution in [0.25, 0.3) is 0 Å². The molecule has 1 aromatic heterocycles. The summed E-state index contributed by atoms with van der Waals surface area (Å²) in [5, 5.41) is 3.15. The quantitative estimate of drug-likeness (QED) is 0.669. The summed E-state index contributed by atoms with van der Waals surface area (Å²) in [4.78, 5) is 25.6. The predicted octanol–water partition coefficient (Wildman–Crippen LogP) is 4.16. The van der Waals surface area contributed by atoms with E-state index in [0.29, 0.717) is 12.6 Å². The number of anilines is 1. The number of nitrogens with one attached hydrogen (secondary N) is 1. The van der Waals surface area contributed by atoms with Crippen molar-refractivity contribution in [2.24, 2.45) is 0 Å². The normalized spacial score (nSPS) is 19.0. The molecule has 0 bridgehead atoms. The first-order valence-electron chi connectivity index (χ1n) is 11.8. The highest BCUT2D eigenvalue weighted by Gasteiger charge is 2.30. The molecule has 1 aromatic carbocycles. The summed E-state index contributed by atoms with van der Waals surface area (Å²) in [5.74, 6) is 2.59. The first-order valence-corrected chi connectivity index (χ1v) is 11.8. The Balaban J connectivity index is 1.40. The van der Waals surface area contributed by atoms with E-state index in [2.05, 4.69) is 46.5 Å². The zero-order valence-electron chi connectivity index (χ0n) is 19.5. The molecule has 1 saturated carbocycles. The second kappa shape index (κ2) is 10.3. The molecule has 7 heteroatoms. The van der Waals surface area contributed by atoms with Gasteiger partial charge in [0.05, 0.1) is 17.8 Å². The number of rotatable bonds is 8. The highest BCUT2D eigenvalue weighted by Crippen LogP contribution is 2.31. The number of amides is 1. The Hall–Kier alpha value is -2.67. The topological polar surface area (TPSA) is 70.6 Å². The van der Waals surface area contributed by atoms with E-state index in [0.717, 1.165) is 49.0 Å². The number of likely N-dealkylation sites (tertiary alicyclic amines) is 1. The molecule has 7 nitrogen and oxygen atoms in total. The Kier molecular flexibility index (Phi) is 7.25. The fourth-order valence-electron chi connectivity index (χ4n) is 4.80. The monoisotopic (exact) mass is 437 g/mol. The van der Waals surface area contributed by atoms with E-state index in [-0.39, 0.29) is 11.9 Å². The van der Waals surface area contributed by atoms with E-state index in [1.165, 1.54) is 31.2 Å². The average molecular weight is 438 g/mol. The molecule has 0 unspecified atom stereocenters. The van der Waals surface area contributed by atoms with Crippen molar-refractivity contribution >= 4 is 11.7 Å². The average Bonchev–Trinajstić information content (AvgIpc) is 3.47. The smallest absolute Gasteiger partial charge is 0.220 e. The van der Waals surface area contributed by atoms with Gasteiger partial charge in [0.2, 0.25) is 5.91 Å². The van der Waals surface area contributed by atoms with E-state index in [9.17, 15) is 4.79 Å². The molecule has 1 aliphatic heterocycles. The maximum Gasteiger partial charge on any atom is 0.220 e. The van der Waals surface area contributed by atoms with Gasteiger partial charge in [0.15, 0.2) is 5.82 Å². The summed E-state index contributed by atoms with van der Waals surface area (Å²) in [5.41, 5.74) is 2.20. The van der Waals surface area contributed by atoms with Gasteiger partial charge in [-0.2, -0.15) is 0 Å². The van der Waals surface area contributed by atoms with Gasteiger partial charge in [-0.3, -0.25) is 9.69 Å². The van der Waals surface area contributed by atoms with E-state index in [1.807, 2.05) is 18.0 Å². The Morgan fingerprint density at radius 2 is 1.88 bits per heavy atom. The van der Waals surface area contributed by atoms with Gasteiger partial charge in [0.25, 0.3) is 0 Å². The summed E-state index contributed by atoms with van der Waals surface area (Å²) in [6.07, 6.45) is 7.19. The lowest BCUT2D eigenvalue weighted by Crippen LogP contribution is -2.29. The number of benzene rings is 1. The van der Waals surface area contributed by atoms with E-state index < -0.39 is 0 Å². The van der Waals surface area contributed by atoms with Gasteiger partial charge in [-0.25, -0.2) is 9.97 Å². The van der Waals surface area contributed by atoms with Crippen LogP contribution in [0.2, 0.25) is 0 Å². The van der Waals surface area contributed by atoms with Crippen LogP contribution in [0.4, 0.5) is 5.82 Å². The third-order valence-electron chi connectivity index (χ3n) is 6.42. The fraction of sp³-hybridized carbons (Fsp3) is 0.560. The maximum absolute atomic E-state index is 12.0. The van der Waals surface area contributed by atoms with Crippen molar-refractivity contribution in [1.29, 1.82) is 0 Å². The van der Waals surface area contributed by atoms with Crippen LogP contribution < -0.4 is 10.1 Å². The number of hydrogen-bond donors (Lipinski definition) is 1. The molecule has 32 heavy (non-hydrogen) atoms. The van der Waals surface area contributed by atoms with Gasteiger partial charge in [0.1, 0.15) is 11.6 Å². The van der Waals surface area contributed by atoms with E-state index >= 15 is 0 Å². The van der Waals surface area contributed by atoms with Crippen LogP contribution in [0.3, 0.4) is 0 Å². The zero-order valence-corrected chi connectivity index (χ0v) is 19.5. The third-order valence-corrected chi connectivity index (χ3v) is 6.42. The van der Waals surface area contributed by atoms with Gasteiger partial charge in [-0.1, -0.05) is 12.1 Å². The lowest BCUT2D eigenvalue weighted by atomic mass is 10.2. The number of nitrogens with zero attached hydrogens (tertiary/aromatic N) is 4. The van der Waals surface area contributed by atoms with Crippen LogP contribution in [0, 0.1) is 0 Å². The first kappa shape index (κ1) is 22.5. The summed E-state index contributed by atoms with van der Waals surface area (Å²) in [6.45, 7) is 3.93. The summed E-state index contributed by atoms with van der Waals surface area (Å²) in [7, 11) is 3.97. The largest absolute Gasteiger partial charge is 0.490 e. The number of carbonyl (C=O) groups is 1. The number of ether oxygens (including phenoxy) is 1. The van der Waals surface area contributed by atoms with Crippen LogP contribution >= 0.6 is 0 Å². The van der Waals surface area contributed by atoms with Gasteiger partial charge in [-0.15, -0.1) is 0 Å². The second-order valence-electron chi connectivity index (χ2n) is 9.06. The molecular weight excluding hydrogens is 402 g/mol. The molecule has 1 saturated heterocycles. The number of hydrogen-bond acceptors (Lipinski definition) is 6. The lowest BCUT2D eigenvalue weighted by Gasteiger charge is -2.23. The Morgan fingerprint density at radius 3 is 2.56 bits per heavy atom. The molecule has 172 valence electrons. The first-order chi connectivity index (χ1) is 15.5. The second-order valence-corrected chi connectivity index (χ2v) is 9.06. The van der Waals surface area contributed by atoms with Crippen molar-refractivity contribution in [3.8, 4) is 5.75 Å². The molecule has 2 fully saturated rings. The van der Waals surface area contributed by atoms with Crippen molar-refractivity contribution in [3.05, 3.63) is 47.4 Å². The zero-order chi connectivity index (χ0) is 22.5. The molecule has 2 aliphatic rings. The summed E-state index contributed by atoms with van der Waals surface area (Å²) in [6, 6.07) is 10.4. The van der Waals surface area contributed by atoms with Crippen molar-refractivity contribution in [2.75, 3.05) is 26.0 Å². The Bertz CT molecular complexity index is 911. The molecule has 2 aromatic rings. The highest BCUT2D eigenvalue weighted by atomic mass is 16.5. The molecular formula is C25H35N5O2. The third kappa shape index (κ3) is 5.57. The summed E-state index contributed by atoms with van der Waals surface area (Å²) < 4.78 is 6.08. The van der Waals surface area contributed by atoms with Crippen LogP contribution in [0.5, 0.6) is 5.75 Å². The van der Waals surface area contributed by atoms with Gasteiger partial charge in [0, 0.05) is 39.7 Å². The van der Waals surface area contributed by atoms with Crippen LogP contribution in [0.1, 0.15) is 68.6 Å². The van der Waals surface area contributed by atoms with Crippen molar-refractivity contribution in [2.45, 2.75) is 70.7 Å². The highest BCUT2D eigenvalue weighted by molar-refractivity contribution is 5.74. The molecule has 0 spiro atoms. The van der Waals surface area contributed by atoms with Gasteiger partial charge in [-0.05, 0) is 63.3 Å².